The van der Waals surface area contributed by atoms with Crippen molar-refractivity contribution in [1.82, 2.24) is 5.32 Å². The normalized spacial score (nSPS) is 12.0. The maximum atomic E-state index is 12.0. The summed E-state index contributed by atoms with van der Waals surface area (Å²) >= 11 is 0. The molecule has 20 heavy (non-hydrogen) atoms. The van der Waals surface area contributed by atoms with Crippen molar-refractivity contribution in [3.63, 3.8) is 0 Å². The smallest absolute Gasteiger partial charge is 0.326 e. The summed E-state index contributed by atoms with van der Waals surface area (Å²) in [7, 11) is 0. The number of hydrogen-bond donors (Lipinski definition) is 2. The Kier molecular flexibility index (Phi) is 6.03. The number of ether oxygens (including phenoxy) is 1. The van der Waals surface area contributed by atoms with E-state index in [-0.39, 0.29) is 12.0 Å². The second-order valence-corrected chi connectivity index (χ2v) is 4.84. The molecular formula is C15H21NO4. The highest BCUT2D eigenvalue weighted by Gasteiger charge is 2.19. The van der Waals surface area contributed by atoms with E-state index in [0.717, 1.165) is 0 Å². The predicted molar refractivity (Wildman–Crippen MR) is 76.0 cm³/mol. The number of carbonyl (C=O) groups excluding carboxylic acids is 1. The van der Waals surface area contributed by atoms with Crippen molar-refractivity contribution in [1.29, 1.82) is 0 Å². The van der Waals surface area contributed by atoms with E-state index < -0.39 is 12.0 Å². The largest absolute Gasteiger partial charge is 0.491 e. The standard InChI is InChI=1S/C15H21NO4/c1-4-5-13(15(18)19)16-14(17)11-6-8-12(9-7-11)20-10(2)3/h6-10,13H,4-5H2,1-3H3,(H,16,17)(H,18,19)/t13-/m0/s1. The second kappa shape index (κ2) is 7.53. The van der Waals surface area contributed by atoms with Crippen molar-refractivity contribution < 1.29 is 19.4 Å². The molecule has 0 spiro atoms. The first-order chi connectivity index (χ1) is 9.43. The zero-order chi connectivity index (χ0) is 15.1. The molecule has 0 saturated heterocycles. The molecular weight excluding hydrogens is 258 g/mol. The van der Waals surface area contributed by atoms with Gasteiger partial charge in [0.05, 0.1) is 6.10 Å². The van der Waals surface area contributed by atoms with E-state index in [4.69, 9.17) is 9.84 Å². The Morgan fingerprint density at radius 2 is 1.85 bits per heavy atom. The average molecular weight is 279 g/mol. The Morgan fingerprint density at radius 1 is 1.25 bits per heavy atom. The van der Waals surface area contributed by atoms with Crippen LogP contribution in [0, 0.1) is 0 Å². The van der Waals surface area contributed by atoms with E-state index in [2.05, 4.69) is 5.32 Å². The van der Waals surface area contributed by atoms with Gasteiger partial charge >= 0.3 is 5.97 Å². The number of carboxylic acids is 1. The number of nitrogens with one attached hydrogen (secondary N) is 1. The van der Waals surface area contributed by atoms with Crippen molar-refractivity contribution >= 4 is 11.9 Å². The monoisotopic (exact) mass is 279 g/mol. The maximum Gasteiger partial charge on any atom is 0.326 e. The molecule has 1 rings (SSSR count). The fourth-order valence-corrected chi connectivity index (χ4v) is 1.74. The van der Waals surface area contributed by atoms with Gasteiger partial charge in [0.1, 0.15) is 11.8 Å². The van der Waals surface area contributed by atoms with Gasteiger partial charge in [-0.3, -0.25) is 4.79 Å². The van der Waals surface area contributed by atoms with Crippen molar-refractivity contribution in [3.05, 3.63) is 29.8 Å². The molecule has 0 heterocycles. The lowest BCUT2D eigenvalue weighted by Crippen LogP contribution is -2.40. The van der Waals surface area contributed by atoms with Crippen LogP contribution in [-0.4, -0.2) is 29.1 Å². The van der Waals surface area contributed by atoms with Crippen LogP contribution >= 0.6 is 0 Å². The van der Waals surface area contributed by atoms with Crippen LogP contribution in [0.3, 0.4) is 0 Å². The van der Waals surface area contributed by atoms with Crippen LogP contribution in [0.25, 0.3) is 0 Å². The number of benzene rings is 1. The molecule has 0 aromatic heterocycles. The zero-order valence-electron chi connectivity index (χ0n) is 12.1. The van der Waals surface area contributed by atoms with Crippen LogP contribution in [0.5, 0.6) is 5.75 Å². The molecule has 1 amide bonds. The molecule has 5 heteroatoms. The molecule has 1 aromatic rings. The molecule has 0 aliphatic rings. The molecule has 0 fully saturated rings. The minimum atomic E-state index is -1.01. The van der Waals surface area contributed by atoms with Gasteiger partial charge in [-0.2, -0.15) is 0 Å². The Hall–Kier alpha value is -2.04. The van der Waals surface area contributed by atoms with E-state index in [1.807, 2.05) is 20.8 Å². The topological polar surface area (TPSA) is 75.6 Å². The van der Waals surface area contributed by atoms with E-state index in [0.29, 0.717) is 24.2 Å². The third-order valence-corrected chi connectivity index (χ3v) is 2.67. The quantitative estimate of drug-likeness (QED) is 0.804. The number of carbonyl (C=O) groups is 2. The van der Waals surface area contributed by atoms with Crippen LogP contribution < -0.4 is 10.1 Å². The summed E-state index contributed by atoms with van der Waals surface area (Å²) in [6, 6.07) is 5.80. The molecule has 1 aromatic carbocycles. The van der Waals surface area contributed by atoms with Gasteiger partial charge in [0.2, 0.25) is 0 Å². The van der Waals surface area contributed by atoms with Crippen LogP contribution in [0.2, 0.25) is 0 Å². The molecule has 5 nitrogen and oxygen atoms in total. The minimum Gasteiger partial charge on any atom is -0.491 e. The molecule has 0 bridgehead atoms. The molecule has 0 aliphatic heterocycles. The third-order valence-electron chi connectivity index (χ3n) is 2.67. The first-order valence-electron chi connectivity index (χ1n) is 6.74. The van der Waals surface area contributed by atoms with Crippen molar-refractivity contribution in [2.75, 3.05) is 0 Å². The zero-order valence-corrected chi connectivity index (χ0v) is 12.1. The Bertz CT molecular complexity index is 453. The Morgan fingerprint density at radius 3 is 2.30 bits per heavy atom. The SMILES string of the molecule is CCC[C@H](NC(=O)c1ccc(OC(C)C)cc1)C(=O)O. The van der Waals surface area contributed by atoms with Gasteiger partial charge in [0.15, 0.2) is 0 Å². The van der Waals surface area contributed by atoms with Gasteiger partial charge in [-0.25, -0.2) is 4.79 Å². The van der Waals surface area contributed by atoms with Gasteiger partial charge in [-0.1, -0.05) is 13.3 Å². The first-order valence-corrected chi connectivity index (χ1v) is 6.74. The molecule has 1 atom stereocenters. The van der Waals surface area contributed by atoms with Crippen molar-refractivity contribution in [2.24, 2.45) is 0 Å². The Balaban J connectivity index is 2.69. The minimum absolute atomic E-state index is 0.0654. The average Bonchev–Trinajstić information content (AvgIpc) is 2.38. The summed E-state index contributed by atoms with van der Waals surface area (Å²) < 4.78 is 5.48. The summed E-state index contributed by atoms with van der Waals surface area (Å²) in [6.07, 6.45) is 1.17. The molecule has 110 valence electrons. The van der Waals surface area contributed by atoms with Crippen LogP contribution in [0.1, 0.15) is 44.0 Å². The fourth-order valence-electron chi connectivity index (χ4n) is 1.74. The molecule has 0 unspecified atom stereocenters. The molecule has 0 aliphatic carbocycles. The number of rotatable bonds is 7. The highest BCUT2D eigenvalue weighted by Crippen LogP contribution is 2.14. The maximum absolute atomic E-state index is 12.0. The van der Waals surface area contributed by atoms with E-state index in [1.54, 1.807) is 24.3 Å². The summed E-state index contributed by atoms with van der Waals surface area (Å²) in [5, 5.41) is 11.5. The second-order valence-electron chi connectivity index (χ2n) is 4.84. The number of aliphatic carboxylic acids is 1. The third kappa shape index (κ3) is 4.91. The number of hydrogen-bond acceptors (Lipinski definition) is 3. The lowest BCUT2D eigenvalue weighted by atomic mass is 10.1. The van der Waals surface area contributed by atoms with Crippen LogP contribution in [0.15, 0.2) is 24.3 Å². The Labute approximate surface area is 118 Å². The summed E-state index contributed by atoms with van der Waals surface area (Å²) in [6.45, 7) is 5.71. The van der Waals surface area contributed by atoms with E-state index >= 15 is 0 Å². The van der Waals surface area contributed by atoms with Gasteiger partial charge in [-0.15, -0.1) is 0 Å². The first kappa shape index (κ1) is 16.0. The molecule has 0 radical (unpaired) electrons. The lowest BCUT2D eigenvalue weighted by Gasteiger charge is -2.14. The lowest BCUT2D eigenvalue weighted by molar-refractivity contribution is -0.139. The van der Waals surface area contributed by atoms with E-state index in [9.17, 15) is 9.59 Å². The predicted octanol–water partition coefficient (Wildman–Crippen LogP) is 2.46. The van der Waals surface area contributed by atoms with Gasteiger partial charge in [0.25, 0.3) is 5.91 Å². The highest BCUT2D eigenvalue weighted by molar-refractivity contribution is 5.96. The van der Waals surface area contributed by atoms with E-state index in [1.165, 1.54) is 0 Å². The molecule has 0 saturated carbocycles. The van der Waals surface area contributed by atoms with Gasteiger partial charge in [0, 0.05) is 5.56 Å². The number of carboxylic acid groups (broad SMARTS) is 1. The van der Waals surface area contributed by atoms with Gasteiger partial charge in [-0.05, 0) is 44.5 Å². The van der Waals surface area contributed by atoms with Crippen molar-refractivity contribution in [2.45, 2.75) is 45.8 Å². The number of amides is 1. The molecule has 2 N–H and O–H groups in total. The van der Waals surface area contributed by atoms with Crippen LogP contribution in [0.4, 0.5) is 0 Å². The summed E-state index contributed by atoms with van der Waals surface area (Å²) in [4.78, 5) is 22.9. The van der Waals surface area contributed by atoms with Crippen LogP contribution in [-0.2, 0) is 4.79 Å². The summed E-state index contributed by atoms with van der Waals surface area (Å²) in [5.41, 5.74) is 0.420. The summed E-state index contributed by atoms with van der Waals surface area (Å²) in [5.74, 6) is -0.721. The van der Waals surface area contributed by atoms with Gasteiger partial charge < -0.3 is 15.2 Å². The highest BCUT2D eigenvalue weighted by atomic mass is 16.5. The van der Waals surface area contributed by atoms with Crippen molar-refractivity contribution in [3.8, 4) is 5.75 Å². The fraction of sp³-hybridized carbons (Fsp3) is 0.467.